The number of aryl methyl sites for hydroxylation is 1. The van der Waals surface area contributed by atoms with Gasteiger partial charge in [-0.1, -0.05) is 12.1 Å². The van der Waals surface area contributed by atoms with Crippen molar-refractivity contribution < 1.29 is 4.79 Å². The van der Waals surface area contributed by atoms with E-state index in [9.17, 15) is 4.79 Å². The molecule has 1 amide bonds. The molecule has 2 aromatic rings. The number of hydrogen-bond donors (Lipinski definition) is 1. The smallest absolute Gasteiger partial charge is 0.230 e. The van der Waals surface area contributed by atoms with Crippen molar-refractivity contribution in [3.63, 3.8) is 0 Å². The highest BCUT2D eigenvalue weighted by atomic mass is 32.2. The van der Waals surface area contributed by atoms with Crippen molar-refractivity contribution >= 4 is 17.7 Å². The van der Waals surface area contributed by atoms with E-state index in [2.05, 4.69) is 11.1 Å². The number of aromatic nitrogens is 1. The second-order valence-corrected chi connectivity index (χ2v) is 5.41. The minimum atomic E-state index is -0.271. The number of carbonyl (C=O) groups excluding carboxylic acids is 1. The molecule has 19 heavy (non-hydrogen) atoms. The van der Waals surface area contributed by atoms with Gasteiger partial charge in [-0.3, -0.25) is 9.78 Å². The molecule has 0 aliphatic carbocycles. The lowest BCUT2D eigenvalue weighted by molar-refractivity contribution is -0.117. The number of carbonyl (C=O) groups is 1. The van der Waals surface area contributed by atoms with E-state index >= 15 is 0 Å². The molecular weight excluding hydrogens is 256 g/mol. The van der Waals surface area contributed by atoms with Gasteiger partial charge in [0.05, 0.1) is 5.25 Å². The van der Waals surface area contributed by atoms with Crippen LogP contribution in [-0.4, -0.2) is 16.1 Å². The highest BCUT2D eigenvalue weighted by Gasteiger charge is 2.16. The predicted molar refractivity (Wildman–Crippen MR) is 76.7 cm³/mol. The molecule has 1 atom stereocenters. The zero-order valence-corrected chi connectivity index (χ0v) is 11.3. The average molecular weight is 271 g/mol. The molecule has 0 saturated heterocycles. The zero-order valence-electron chi connectivity index (χ0n) is 10.5. The number of pyridine rings is 1. The van der Waals surface area contributed by atoms with Gasteiger partial charge in [-0.15, -0.1) is 11.8 Å². The Labute approximate surface area is 117 Å². The molecule has 4 heteroatoms. The van der Waals surface area contributed by atoms with Gasteiger partial charge in [-0.25, -0.2) is 0 Å². The number of nitrogens with zero attached hydrogens (tertiary/aromatic N) is 1. The molecule has 1 aromatic carbocycles. The maximum atomic E-state index is 11.5. The van der Waals surface area contributed by atoms with E-state index < -0.39 is 0 Å². The second kappa shape index (κ2) is 6.95. The summed E-state index contributed by atoms with van der Waals surface area (Å²) in [6.07, 6.45) is 5.06. The van der Waals surface area contributed by atoms with Crippen molar-refractivity contribution in [1.82, 2.24) is 4.98 Å². The lowest BCUT2D eigenvalue weighted by atomic mass is 10.1. The molecule has 2 N–H and O–H groups in total. The summed E-state index contributed by atoms with van der Waals surface area (Å²) in [4.78, 5) is 16.5. The summed E-state index contributed by atoms with van der Waals surface area (Å²) in [5, 5.41) is -0.212. The first-order valence-electron chi connectivity index (χ1n) is 6.06. The summed E-state index contributed by atoms with van der Waals surface area (Å²) in [6.45, 7) is 0. The molecule has 1 heterocycles. The van der Waals surface area contributed by atoms with Crippen LogP contribution in [0.1, 0.15) is 12.0 Å². The maximum Gasteiger partial charge on any atom is 0.230 e. The number of hydrogen-bond acceptors (Lipinski definition) is 3. The van der Waals surface area contributed by atoms with Gasteiger partial charge >= 0.3 is 0 Å². The zero-order chi connectivity index (χ0) is 13.5. The number of benzene rings is 1. The van der Waals surface area contributed by atoms with Gasteiger partial charge < -0.3 is 5.73 Å². The van der Waals surface area contributed by atoms with Crippen LogP contribution < -0.4 is 5.73 Å². The Morgan fingerprint density at radius 3 is 2.58 bits per heavy atom. The van der Waals surface area contributed by atoms with Crippen LogP contribution >= 0.6 is 11.8 Å². The predicted octanol–water partition coefficient (Wildman–Crippen LogP) is 2.46. The first kappa shape index (κ1) is 13.6. The van der Waals surface area contributed by atoms with Crippen LogP contribution in [0.5, 0.6) is 0 Å². The summed E-state index contributed by atoms with van der Waals surface area (Å²) in [6, 6.07) is 14.4. The molecule has 1 aromatic heterocycles. The number of thioether (sulfide) groups is 1. The summed E-state index contributed by atoms with van der Waals surface area (Å²) in [5.74, 6) is -0.271. The number of amides is 1. The van der Waals surface area contributed by atoms with Crippen molar-refractivity contribution in [2.75, 3.05) is 0 Å². The van der Waals surface area contributed by atoms with E-state index in [-0.39, 0.29) is 11.2 Å². The minimum absolute atomic E-state index is 0.212. The number of primary amides is 1. The van der Waals surface area contributed by atoms with Crippen molar-refractivity contribution in [1.29, 1.82) is 0 Å². The molecular formula is C15H15N2OS. The Hall–Kier alpha value is -1.81. The van der Waals surface area contributed by atoms with Crippen molar-refractivity contribution in [2.45, 2.75) is 23.0 Å². The first-order valence-corrected chi connectivity index (χ1v) is 6.94. The molecule has 0 bridgehead atoms. The fourth-order valence-corrected chi connectivity index (χ4v) is 2.69. The standard InChI is InChI=1S/C15H15N2OS/c16-15(18)14(19-13-4-2-1-3-5-13)7-6-12-8-10-17-11-9-12/h2-5,8-11,14H,6-7H2,(H2,16,18). The molecule has 2 rings (SSSR count). The third kappa shape index (κ3) is 4.41. The monoisotopic (exact) mass is 271 g/mol. The highest BCUT2D eigenvalue weighted by molar-refractivity contribution is 8.00. The molecule has 0 fully saturated rings. The van der Waals surface area contributed by atoms with E-state index in [1.807, 2.05) is 36.4 Å². The van der Waals surface area contributed by atoms with Crippen LogP contribution in [0, 0.1) is 6.07 Å². The Morgan fingerprint density at radius 2 is 1.95 bits per heavy atom. The molecule has 1 unspecified atom stereocenters. The van der Waals surface area contributed by atoms with Gasteiger partial charge in [0.15, 0.2) is 0 Å². The fourth-order valence-electron chi connectivity index (χ4n) is 1.72. The number of nitrogens with two attached hydrogens (primary N) is 1. The topological polar surface area (TPSA) is 56.0 Å². The molecule has 3 nitrogen and oxygen atoms in total. The second-order valence-electron chi connectivity index (χ2n) is 4.14. The van der Waals surface area contributed by atoms with E-state index in [4.69, 9.17) is 5.73 Å². The summed E-state index contributed by atoms with van der Waals surface area (Å²) >= 11 is 1.51. The molecule has 97 valence electrons. The van der Waals surface area contributed by atoms with E-state index in [1.165, 1.54) is 17.3 Å². The largest absolute Gasteiger partial charge is 0.369 e. The van der Waals surface area contributed by atoms with E-state index in [0.29, 0.717) is 0 Å². The molecule has 0 aliphatic rings. The summed E-state index contributed by atoms with van der Waals surface area (Å²) in [5.41, 5.74) is 6.64. The van der Waals surface area contributed by atoms with Crippen molar-refractivity contribution in [2.24, 2.45) is 5.73 Å². The van der Waals surface area contributed by atoms with Crippen molar-refractivity contribution in [3.05, 3.63) is 60.4 Å². The molecule has 0 saturated carbocycles. The van der Waals surface area contributed by atoms with Crippen LogP contribution in [-0.2, 0) is 11.2 Å². The van der Waals surface area contributed by atoms with Gasteiger partial charge in [0, 0.05) is 17.3 Å². The lowest BCUT2D eigenvalue weighted by Crippen LogP contribution is -2.26. The number of rotatable bonds is 6. The third-order valence-electron chi connectivity index (χ3n) is 2.73. The maximum absolute atomic E-state index is 11.5. The highest BCUT2D eigenvalue weighted by Crippen LogP contribution is 2.25. The SMILES string of the molecule is NC(=O)C(CCc1ccncc1)Sc1cc[c]cc1. The van der Waals surface area contributed by atoms with Crippen molar-refractivity contribution in [3.8, 4) is 0 Å². The Morgan fingerprint density at radius 1 is 1.26 bits per heavy atom. The van der Waals surface area contributed by atoms with Crippen LogP contribution in [0.25, 0.3) is 0 Å². The lowest BCUT2D eigenvalue weighted by Gasteiger charge is -2.12. The van der Waals surface area contributed by atoms with Gasteiger partial charge in [-0.05, 0) is 48.7 Å². The van der Waals surface area contributed by atoms with Gasteiger partial charge in [0.1, 0.15) is 0 Å². The summed E-state index contributed by atoms with van der Waals surface area (Å²) in [7, 11) is 0. The molecule has 0 aliphatic heterocycles. The quantitative estimate of drug-likeness (QED) is 0.821. The van der Waals surface area contributed by atoms with Crippen LogP contribution in [0.3, 0.4) is 0 Å². The third-order valence-corrected chi connectivity index (χ3v) is 4.02. The Bertz CT molecular complexity index is 516. The molecule has 0 spiro atoms. The normalized spacial score (nSPS) is 12.0. The first-order chi connectivity index (χ1) is 9.25. The van der Waals surface area contributed by atoms with Crippen LogP contribution in [0.2, 0.25) is 0 Å². The van der Waals surface area contributed by atoms with E-state index in [1.54, 1.807) is 12.4 Å². The van der Waals surface area contributed by atoms with Crippen LogP contribution in [0.15, 0.2) is 53.7 Å². The Kier molecular flexibility index (Phi) is 4.98. The van der Waals surface area contributed by atoms with Gasteiger partial charge in [0.25, 0.3) is 0 Å². The van der Waals surface area contributed by atoms with Crippen LogP contribution in [0.4, 0.5) is 0 Å². The fraction of sp³-hybridized carbons (Fsp3) is 0.200. The average Bonchev–Trinajstić information content (AvgIpc) is 2.45. The summed E-state index contributed by atoms with van der Waals surface area (Å²) < 4.78 is 0. The Balaban J connectivity index is 1.95. The van der Waals surface area contributed by atoms with Gasteiger partial charge in [0.2, 0.25) is 5.91 Å². The minimum Gasteiger partial charge on any atom is -0.369 e. The molecule has 1 radical (unpaired) electrons. The van der Waals surface area contributed by atoms with Gasteiger partial charge in [-0.2, -0.15) is 0 Å². The van der Waals surface area contributed by atoms with E-state index in [0.717, 1.165) is 17.7 Å².